The molecule has 2 heterocycles. The van der Waals surface area contributed by atoms with Crippen molar-refractivity contribution < 1.29 is 17.9 Å². The van der Waals surface area contributed by atoms with Crippen LogP contribution >= 0.6 is 11.6 Å². The quantitative estimate of drug-likeness (QED) is 0.887. The van der Waals surface area contributed by atoms with E-state index in [-0.39, 0.29) is 9.92 Å². The minimum absolute atomic E-state index is 0.0692. The van der Waals surface area contributed by atoms with E-state index in [4.69, 9.17) is 21.1 Å². The summed E-state index contributed by atoms with van der Waals surface area (Å²) in [5, 5.41) is 3.44. The Morgan fingerprint density at radius 3 is 2.23 bits per heavy atom. The van der Waals surface area contributed by atoms with Crippen LogP contribution in [-0.4, -0.2) is 53.1 Å². The van der Waals surface area contributed by atoms with Crippen molar-refractivity contribution in [3.8, 4) is 11.5 Å². The van der Waals surface area contributed by atoms with Crippen molar-refractivity contribution in [2.75, 3.05) is 40.4 Å². The van der Waals surface area contributed by atoms with Crippen molar-refractivity contribution in [3.63, 3.8) is 0 Å². The number of sulfonamides is 1. The predicted molar refractivity (Wildman–Crippen MR) is 83.2 cm³/mol. The van der Waals surface area contributed by atoms with Crippen LogP contribution in [0.5, 0.6) is 11.5 Å². The minimum Gasteiger partial charge on any atom is -0.493 e. The van der Waals surface area contributed by atoms with Crippen LogP contribution in [0.2, 0.25) is 5.02 Å². The van der Waals surface area contributed by atoms with Gasteiger partial charge in [0.2, 0.25) is 10.0 Å². The van der Waals surface area contributed by atoms with Crippen molar-refractivity contribution >= 4 is 21.6 Å². The topological polar surface area (TPSA) is 67.9 Å². The van der Waals surface area contributed by atoms with Crippen LogP contribution in [0, 0.1) is 11.8 Å². The summed E-state index contributed by atoms with van der Waals surface area (Å²) in [7, 11) is -0.681. The molecule has 2 saturated heterocycles. The standard InChI is InChI=1S/C14H19ClN2O4S/c1-20-12-3-11(15)14(4-13(12)21-2)22(18,19)17-7-9-5-16-6-10(9)8-17/h3-4,9-10,16H,5-8H2,1-2H3/t9-,10+. The second-order valence-electron chi connectivity index (χ2n) is 5.64. The molecule has 0 radical (unpaired) electrons. The number of nitrogens with one attached hydrogen (secondary N) is 1. The van der Waals surface area contributed by atoms with Gasteiger partial charge in [-0.2, -0.15) is 4.31 Å². The normalized spacial score (nSPS) is 25.2. The first-order chi connectivity index (χ1) is 10.5. The lowest BCUT2D eigenvalue weighted by Crippen LogP contribution is -2.32. The summed E-state index contributed by atoms with van der Waals surface area (Å²) in [5.41, 5.74) is 0. The predicted octanol–water partition coefficient (Wildman–Crippen LogP) is 1.20. The Labute approximate surface area is 135 Å². The van der Waals surface area contributed by atoms with E-state index in [2.05, 4.69) is 5.32 Å². The lowest BCUT2D eigenvalue weighted by atomic mass is 10.0. The number of hydrogen-bond donors (Lipinski definition) is 1. The molecule has 6 nitrogen and oxygen atoms in total. The molecular weight excluding hydrogens is 328 g/mol. The molecule has 22 heavy (non-hydrogen) atoms. The zero-order valence-electron chi connectivity index (χ0n) is 12.5. The third-order valence-corrected chi connectivity index (χ3v) is 6.71. The summed E-state index contributed by atoms with van der Waals surface area (Å²) in [5.74, 6) is 1.53. The molecule has 1 N–H and O–H groups in total. The van der Waals surface area contributed by atoms with Crippen molar-refractivity contribution in [1.29, 1.82) is 0 Å². The Morgan fingerprint density at radius 1 is 1.14 bits per heavy atom. The molecule has 0 bridgehead atoms. The molecule has 0 aromatic heterocycles. The van der Waals surface area contributed by atoms with Gasteiger partial charge < -0.3 is 14.8 Å². The fourth-order valence-corrected chi connectivity index (χ4v) is 5.24. The van der Waals surface area contributed by atoms with Crippen molar-refractivity contribution in [1.82, 2.24) is 9.62 Å². The van der Waals surface area contributed by atoms with Gasteiger partial charge in [0.25, 0.3) is 0 Å². The lowest BCUT2D eigenvalue weighted by Gasteiger charge is -2.19. The number of halogens is 1. The molecule has 0 saturated carbocycles. The molecule has 3 rings (SSSR count). The highest BCUT2D eigenvalue weighted by atomic mass is 35.5. The zero-order valence-corrected chi connectivity index (χ0v) is 14.1. The first kappa shape index (κ1) is 15.9. The molecular formula is C14H19ClN2O4S. The fraction of sp³-hybridized carbons (Fsp3) is 0.571. The largest absolute Gasteiger partial charge is 0.493 e. The number of rotatable bonds is 4. The third-order valence-electron chi connectivity index (χ3n) is 4.41. The Hall–Kier alpha value is -1.02. The van der Waals surface area contributed by atoms with Crippen molar-refractivity contribution in [2.24, 2.45) is 11.8 Å². The number of fused-ring (bicyclic) bond motifs is 1. The smallest absolute Gasteiger partial charge is 0.244 e. The summed E-state index contributed by atoms with van der Waals surface area (Å²) in [4.78, 5) is 0.0692. The van der Waals surface area contributed by atoms with Gasteiger partial charge in [0.15, 0.2) is 11.5 Å². The van der Waals surface area contributed by atoms with E-state index >= 15 is 0 Å². The van der Waals surface area contributed by atoms with Gasteiger partial charge >= 0.3 is 0 Å². The lowest BCUT2D eigenvalue weighted by molar-refractivity contribution is 0.353. The van der Waals surface area contributed by atoms with E-state index in [9.17, 15) is 8.42 Å². The number of hydrogen-bond acceptors (Lipinski definition) is 5. The summed E-state index contributed by atoms with van der Waals surface area (Å²) in [6.07, 6.45) is 0. The average Bonchev–Trinajstić information content (AvgIpc) is 3.08. The summed E-state index contributed by atoms with van der Waals surface area (Å²) < 4.78 is 37.6. The van der Waals surface area contributed by atoms with Crippen LogP contribution in [0.25, 0.3) is 0 Å². The second kappa shape index (κ2) is 5.88. The van der Waals surface area contributed by atoms with Crippen molar-refractivity contribution in [2.45, 2.75) is 4.90 Å². The van der Waals surface area contributed by atoms with E-state index in [0.29, 0.717) is 36.4 Å². The van der Waals surface area contributed by atoms with Gasteiger partial charge in [0.05, 0.1) is 19.2 Å². The second-order valence-corrected chi connectivity index (χ2v) is 7.95. The summed E-state index contributed by atoms with van der Waals surface area (Å²) in [6, 6.07) is 2.91. The minimum atomic E-state index is -3.63. The molecule has 0 aliphatic carbocycles. The van der Waals surface area contributed by atoms with Crippen LogP contribution < -0.4 is 14.8 Å². The van der Waals surface area contributed by atoms with E-state index in [1.54, 1.807) is 0 Å². The Kier molecular flexibility index (Phi) is 4.24. The van der Waals surface area contributed by atoms with Gasteiger partial charge in [0, 0.05) is 25.2 Å². The molecule has 2 aliphatic rings. The molecule has 122 valence electrons. The molecule has 1 aromatic rings. The maximum absolute atomic E-state index is 12.9. The molecule has 2 fully saturated rings. The highest BCUT2D eigenvalue weighted by Gasteiger charge is 2.42. The van der Waals surface area contributed by atoms with Gasteiger partial charge in [-0.15, -0.1) is 0 Å². The Bertz CT molecular complexity index is 668. The van der Waals surface area contributed by atoms with Gasteiger partial charge in [-0.1, -0.05) is 11.6 Å². The highest BCUT2D eigenvalue weighted by Crippen LogP contribution is 2.38. The molecule has 2 aliphatic heterocycles. The SMILES string of the molecule is COc1cc(Cl)c(S(=O)(=O)N2C[C@H]3CNC[C@H]3C2)cc1OC. The summed E-state index contributed by atoms with van der Waals surface area (Å²) in [6.45, 7) is 2.81. The van der Waals surface area contributed by atoms with E-state index in [1.165, 1.54) is 30.7 Å². The van der Waals surface area contributed by atoms with Crippen LogP contribution in [0.15, 0.2) is 17.0 Å². The number of methoxy groups -OCH3 is 2. The zero-order chi connectivity index (χ0) is 15.9. The number of benzene rings is 1. The van der Waals surface area contributed by atoms with E-state index in [1.807, 2.05) is 0 Å². The monoisotopic (exact) mass is 346 g/mol. The highest BCUT2D eigenvalue weighted by molar-refractivity contribution is 7.89. The van der Waals surface area contributed by atoms with E-state index < -0.39 is 10.0 Å². The van der Waals surface area contributed by atoms with Crippen LogP contribution in [0.1, 0.15) is 0 Å². The van der Waals surface area contributed by atoms with Gasteiger partial charge in [-0.05, 0) is 24.9 Å². The Morgan fingerprint density at radius 2 is 1.68 bits per heavy atom. The first-order valence-corrected chi connectivity index (χ1v) is 8.91. The Balaban J connectivity index is 1.95. The molecule has 0 amide bonds. The van der Waals surface area contributed by atoms with Crippen LogP contribution in [-0.2, 0) is 10.0 Å². The number of nitrogens with zero attached hydrogens (tertiary/aromatic N) is 1. The maximum Gasteiger partial charge on any atom is 0.244 e. The fourth-order valence-electron chi connectivity index (χ4n) is 3.18. The molecule has 0 unspecified atom stereocenters. The molecule has 1 aromatic carbocycles. The van der Waals surface area contributed by atoms with Crippen LogP contribution in [0.3, 0.4) is 0 Å². The van der Waals surface area contributed by atoms with Crippen molar-refractivity contribution in [3.05, 3.63) is 17.2 Å². The van der Waals surface area contributed by atoms with Gasteiger partial charge in [-0.3, -0.25) is 0 Å². The third kappa shape index (κ3) is 2.56. The van der Waals surface area contributed by atoms with Gasteiger partial charge in [-0.25, -0.2) is 8.42 Å². The molecule has 0 spiro atoms. The summed E-state index contributed by atoms with van der Waals surface area (Å²) >= 11 is 6.17. The molecule has 8 heteroatoms. The van der Waals surface area contributed by atoms with E-state index in [0.717, 1.165) is 13.1 Å². The first-order valence-electron chi connectivity index (χ1n) is 7.09. The maximum atomic E-state index is 12.9. The van der Waals surface area contributed by atoms with Crippen LogP contribution in [0.4, 0.5) is 0 Å². The number of ether oxygens (including phenoxy) is 2. The van der Waals surface area contributed by atoms with Gasteiger partial charge in [0.1, 0.15) is 4.90 Å². The molecule has 2 atom stereocenters. The average molecular weight is 347 g/mol.